The lowest BCUT2D eigenvalue weighted by Crippen LogP contribution is -2.43. The van der Waals surface area contributed by atoms with E-state index in [-0.39, 0.29) is 13.2 Å². The fourth-order valence-corrected chi connectivity index (χ4v) is 6.11. The number of ether oxygens (including phenoxy) is 8. The number of amides is 1. The van der Waals surface area contributed by atoms with E-state index in [9.17, 15) is 14.4 Å². The van der Waals surface area contributed by atoms with Crippen LogP contribution in [-0.4, -0.2) is 66.2 Å². The van der Waals surface area contributed by atoms with Crippen LogP contribution in [0.15, 0.2) is 54.6 Å². The first-order valence-corrected chi connectivity index (χ1v) is 14.6. The van der Waals surface area contributed by atoms with Gasteiger partial charge in [-0.15, -0.1) is 0 Å². The van der Waals surface area contributed by atoms with Gasteiger partial charge in [-0.2, -0.15) is 0 Å². The van der Waals surface area contributed by atoms with Crippen molar-refractivity contribution in [3.8, 4) is 28.7 Å². The maximum atomic E-state index is 13.4. The molecule has 5 rings (SSSR count). The second kappa shape index (κ2) is 13.9. The topological polar surface area (TPSA) is 137 Å². The van der Waals surface area contributed by atoms with Crippen LogP contribution in [-0.2, 0) is 30.4 Å². The lowest BCUT2D eigenvalue weighted by Gasteiger charge is -2.39. The van der Waals surface area contributed by atoms with Crippen LogP contribution in [0.4, 0.5) is 4.79 Å². The third-order valence-corrected chi connectivity index (χ3v) is 8.32. The van der Waals surface area contributed by atoms with Gasteiger partial charge in [0.05, 0.1) is 48.1 Å². The van der Waals surface area contributed by atoms with E-state index in [1.165, 1.54) is 42.5 Å². The van der Waals surface area contributed by atoms with Crippen molar-refractivity contribution in [1.29, 1.82) is 0 Å². The molecule has 0 aromatic heterocycles. The van der Waals surface area contributed by atoms with E-state index in [0.717, 1.165) is 5.56 Å². The summed E-state index contributed by atoms with van der Waals surface area (Å²) in [4.78, 5) is 39.4. The molecule has 1 N–H and O–H groups in total. The van der Waals surface area contributed by atoms with E-state index < -0.39 is 47.9 Å². The van der Waals surface area contributed by atoms with Crippen molar-refractivity contribution in [2.24, 2.45) is 11.8 Å². The van der Waals surface area contributed by atoms with Crippen LogP contribution in [0.3, 0.4) is 0 Å². The molecular weight excluding hydrogens is 598 g/mol. The molecule has 3 aromatic carbocycles. The molecule has 12 heteroatoms. The van der Waals surface area contributed by atoms with Gasteiger partial charge >= 0.3 is 18.0 Å². The van der Waals surface area contributed by atoms with Crippen molar-refractivity contribution in [3.63, 3.8) is 0 Å². The van der Waals surface area contributed by atoms with E-state index >= 15 is 0 Å². The number of hydrogen-bond acceptors (Lipinski definition) is 11. The van der Waals surface area contributed by atoms with Gasteiger partial charge in [-0.3, -0.25) is 4.79 Å². The lowest BCUT2D eigenvalue weighted by molar-refractivity contribution is -0.156. The zero-order valence-electron chi connectivity index (χ0n) is 26.5. The van der Waals surface area contributed by atoms with Crippen LogP contribution in [0.25, 0.3) is 0 Å². The molecule has 1 aliphatic heterocycles. The quantitative estimate of drug-likeness (QED) is 0.234. The fraction of sp³-hybridized carbons (Fsp3) is 0.382. The Kier molecular flexibility index (Phi) is 9.74. The molecule has 46 heavy (non-hydrogen) atoms. The summed E-state index contributed by atoms with van der Waals surface area (Å²) in [6.07, 6.45) is -1.69. The minimum absolute atomic E-state index is 0.0110. The van der Waals surface area contributed by atoms with Crippen LogP contribution in [0.5, 0.6) is 28.7 Å². The Hall–Kier alpha value is -5.13. The number of alkyl carbamates (subject to hydrolysis) is 1. The molecule has 0 unspecified atom stereocenters. The minimum atomic E-state index is -1.06. The highest BCUT2D eigenvalue weighted by molar-refractivity contribution is 5.82. The van der Waals surface area contributed by atoms with Gasteiger partial charge in [0.1, 0.15) is 18.8 Å². The van der Waals surface area contributed by atoms with Gasteiger partial charge in [0.15, 0.2) is 23.0 Å². The number of fused-ring (bicyclic) bond motifs is 2. The second-order valence-electron chi connectivity index (χ2n) is 10.9. The number of esters is 2. The van der Waals surface area contributed by atoms with Gasteiger partial charge in [0, 0.05) is 17.4 Å². The first-order chi connectivity index (χ1) is 22.2. The zero-order chi connectivity index (χ0) is 33.0. The molecule has 12 nitrogen and oxygen atoms in total. The number of nitrogens with one attached hydrogen (secondary N) is 1. The van der Waals surface area contributed by atoms with Gasteiger partial charge < -0.3 is 43.2 Å². The molecule has 1 fully saturated rings. The Morgan fingerprint density at radius 3 is 2.04 bits per heavy atom. The molecular formula is C34H37NO11. The number of carbonyl (C=O) groups is 3. The van der Waals surface area contributed by atoms with Crippen LogP contribution < -0.4 is 29.0 Å². The minimum Gasteiger partial charge on any atom is -0.493 e. The average molecular weight is 636 g/mol. The van der Waals surface area contributed by atoms with Gasteiger partial charge in [0.2, 0.25) is 5.75 Å². The molecule has 0 spiro atoms. The average Bonchev–Trinajstić information content (AvgIpc) is 3.46. The van der Waals surface area contributed by atoms with Crippen LogP contribution >= 0.6 is 0 Å². The normalized spacial score (nSPS) is 20.3. The number of cyclic esters (lactones) is 1. The summed E-state index contributed by atoms with van der Waals surface area (Å²) >= 11 is 0. The molecule has 1 amide bonds. The number of benzene rings is 3. The number of rotatable bonds is 11. The third-order valence-electron chi connectivity index (χ3n) is 8.32. The van der Waals surface area contributed by atoms with Crippen LogP contribution in [0, 0.1) is 11.8 Å². The molecule has 2 aliphatic rings. The van der Waals surface area contributed by atoms with Crippen LogP contribution in [0.2, 0.25) is 0 Å². The Labute approximate surface area is 266 Å². The second-order valence-corrected chi connectivity index (χ2v) is 10.9. The van der Waals surface area contributed by atoms with Crippen molar-refractivity contribution >= 4 is 18.0 Å². The highest BCUT2D eigenvalue weighted by Crippen LogP contribution is 2.56. The van der Waals surface area contributed by atoms with Crippen molar-refractivity contribution in [3.05, 3.63) is 76.9 Å². The molecule has 0 saturated carbocycles. The van der Waals surface area contributed by atoms with E-state index in [4.69, 9.17) is 37.9 Å². The summed E-state index contributed by atoms with van der Waals surface area (Å²) < 4.78 is 44.9. The Morgan fingerprint density at radius 1 is 0.848 bits per heavy atom. The van der Waals surface area contributed by atoms with Crippen molar-refractivity contribution in [2.45, 2.75) is 31.6 Å². The predicted molar refractivity (Wildman–Crippen MR) is 163 cm³/mol. The summed E-state index contributed by atoms with van der Waals surface area (Å²) in [5.74, 6) is -0.986. The Bertz CT molecular complexity index is 1570. The van der Waals surface area contributed by atoms with E-state index in [1.807, 2.05) is 30.3 Å². The van der Waals surface area contributed by atoms with Gasteiger partial charge in [0.25, 0.3) is 0 Å². The summed E-state index contributed by atoms with van der Waals surface area (Å²) in [7, 11) is 7.55. The molecule has 0 radical (unpaired) electrons. The number of hydrogen-bond donors (Lipinski definition) is 1. The van der Waals surface area contributed by atoms with Crippen molar-refractivity contribution < 1.29 is 52.3 Å². The first-order valence-electron chi connectivity index (χ1n) is 14.6. The largest absolute Gasteiger partial charge is 0.493 e. The number of methoxy groups -OCH3 is 5. The number of carbonyl (C=O) groups excluding carboxylic acids is 3. The molecule has 1 saturated heterocycles. The summed E-state index contributed by atoms with van der Waals surface area (Å²) in [6, 6.07) is 15.2. The zero-order valence-corrected chi connectivity index (χ0v) is 26.5. The lowest BCUT2D eigenvalue weighted by atomic mass is 9.66. The van der Waals surface area contributed by atoms with E-state index in [2.05, 4.69) is 5.32 Å². The monoisotopic (exact) mass is 635 g/mol. The highest BCUT2D eigenvalue weighted by Gasteiger charge is 2.54. The van der Waals surface area contributed by atoms with E-state index in [1.54, 1.807) is 24.3 Å². The molecule has 3 aromatic rings. The van der Waals surface area contributed by atoms with E-state index in [0.29, 0.717) is 45.4 Å². The summed E-state index contributed by atoms with van der Waals surface area (Å²) in [5, 5.41) is 2.53. The van der Waals surface area contributed by atoms with Gasteiger partial charge in [-0.25, -0.2) is 9.59 Å². The fourth-order valence-electron chi connectivity index (χ4n) is 6.11. The van der Waals surface area contributed by atoms with Crippen LogP contribution in [0.1, 0.15) is 41.2 Å². The molecule has 0 bridgehead atoms. The third kappa shape index (κ3) is 6.19. The SMILES string of the molecule is COc1cc2c(cc1OC)[C@@H](OC(=O)[C@H](C)NC(=O)OCc1ccccc1)[C@H]1COC(=O)[C@@H]1[C@@H]2c1cc(OC)c(OC)c(OC)c1. The molecule has 1 aliphatic carbocycles. The molecule has 1 heterocycles. The smallest absolute Gasteiger partial charge is 0.408 e. The molecule has 5 atom stereocenters. The van der Waals surface area contributed by atoms with Crippen molar-refractivity contribution in [1.82, 2.24) is 5.32 Å². The predicted octanol–water partition coefficient (Wildman–Crippen LogP) is 4.56. The van der Waals surface area contributed by atoms with Gasteiger partial charge in [-0.05, 0) is 47.9 Å². The Morgan fingerprint density at radius 2 is 1.46 bits per heavy atom. The first kappa shape index (κ1) is 32.3. The maximum Gasteiger partial charge on any atom is 0.408 e. The van der Waals surface area contributed by atoms with Gasteiger partial charge in [-0.1, -0.05) is 30.3 Å². The summed E-state index contributed by atoms with van der Waals surface area (Å²) in [6.45, 7) is 1.55. The summed E-state index contributed by atoms with van der Waals surface area (Å²) in [5.41, 5.74) is 2.75. The van der Waals surface area contributed by atoms with Crippen molar-refractivity contribution in [2.75, 3.05) is 42.2 Å². The molecule has 244 valence electrons. The standard InChI is InChI=1S/C34H37NO11/c1-18(35-34(38)45-16-19-10-8-7-9-11-19)32(36)46-30-22-15-25(40-3)24(39-2)14-21(22)28(29-23(30)17-44-33(29)37)20-12-26(41-4)31(43-6)27(13-20)42-5/h7-15,18,23,28-30H,16-17H2,1-6H3,(H,35,38)/t18-,23-,28+,29-,30+/m0/s1. The highest BCUT2D eigenvalue weighted by atomic mass is 16.6. The maximum absolute atomic E-state index is 13.4. The Balaban J connectivity index is 1.50.